The molecule has 0 spiro atoms. The van der Waals surface area contributed by atoms with Crippen molar-refractivity contribution >= 4 is 11.6 Å². The Bertz CT molecular complexity index is 806. The number of aromatic nitrogens is 2. The normalized spacial score (nSPS) is 19.4. The van der Waals surface area contributed by atoms with Crippen molar-refractivity contribution in [3.8, 4) is 16.9 Å². The lowest BCUT2D eigenvalue weighted by molar-refractivity contribution is -0.117. The molecular formula is C20H24N4O2. The van der Waals surface area contributed by atoms with Gasteiger partial charge in [-0.1, -0.05) is 0 Å². The summed E-state index contributed by atoms with van der Waals surface area (Å²) >= 11 is 0. The van der Waals surface area contributed by atoms with E-state index in [1.165, 1.54) is 0 Å². The highest BCUT2D eigenvalue weighted by molar-refractivity contribution is 5.95. The number of rotatable bonds is 5. The molecule has 1 atom stereocenters. The summed E-state index contributed by atoms with van der Waals surface area (Å²) in [5.74, 6) is 1.08. The minimum Gasteiger partial charge on any atom is -0.488 e. The van der Waals surface area contributed by atoms with E-state index >= 15 is 0 Å². The smallest absolute Gasteiger partial charge is 0.227 e. The first-order valence-corrected chi connectivity index (χ1v) is 9.22. The standard InChI is InChI=1S/C20H24N4O2/c1-12-19(13(2)23-11-22-12)17-9-15(24-20(25)14-3-4-14)5-6-18(17)26-16-7-8-21-10-16/h5-6,9,11,14,16,21H,3-4,7-8,10H2,1-2H3,(H,24,25)/t16-/m1/s1. The summed E-state index contributed by atoms with van der Waals surface area (Å²) < 4.78 is 6.26. The molecule has 1 aromatic heterocycles. The Labute approximate surface area is 153 Å². The van der Waals surface area contributed by atoms with E-state index in [-0.39, 0.29) is 17.9 Å². The van der Waals surface area contributed by atoms with Crippen molar-refractivity contribution in [2.24, 2.45) is 5.92 Å². The first-order chi connectivity index (χ1) is 12.6. The third kappa shape index (κ3) is 3.55. The summed E-state index contributed by atoms with van der Waals surface area (Å²) in [7, 11) is 0. The number of nitrogens with one attached hydrogen (secondary N) is 2. The van der Waals surface area contributed by atoms with Gasteiger partial charge in [-0.15, -0.1) is 0 Å². The van der Waals surface area contributed by atoms with Crippen molar-refractivity contribution in [2.45, 2.75) is 39.2 Å². The molecule has 1 saturated heterocycles. The predicted octanol–water partition coefficient (Wildman–Crippen LogP) is 2.85. The minimum atomic E-state index is 0.0994. The van der Waals surface area contributed by atoms with Crippen LogP contribution in [0, 0.1) is 19.8 Å². The zero-order chi connectivity index (χ0) is 18.1. The maximum Gasteiger partial charge on any atom is 0.227 e. The number of carbonyl (C=O) groups is 1. The van der Waals surface area contributed by atoms with E-state index < -0.39 is 0 Å². The van der Waals surface area contributed by atoms with Gasteiger partial charge in [-0.2, -0.15) is 0 Å². The van der Waals surface area contributed by atoms with Crippen molar-refractivity contribution in [3.63, 3.8) is 0 Å². The van der Waals surface area contributed by atoms with Gasteiger partial charge in [0.25, 0.3) is 0 Å². The Hall–Kier alpha value is -2.47. The molecule has 0 unspecified atom stereocenters. The van der Waals surface area contributed by atoms with Crippen LogP contribution in [0.4, 0.5) is 5.69 Å². The van der Waals surface area contributed by atoms with Crippen molar-refractivity contribution in [1.29, 1.82) is 0 Å². The van der Waals surface area contributed by atoms with Crippen LogP contribution in [0.15, 0.2) is 24.5 Å². The van der Waals surface area contributed by atoms with Gasteiger partial charge in [-0.25, -0.2) is 9.97 Å². The van der Waals surface area contributed by atoms with Crippen LogP contribution in [0.5, 0.6) is 5.75 Å². The summed E-state index contributed by atoms with van der Waals surface area (Å²) in [6, 6.07) is 5.84. The van der Waals surface area contributed by atoms with Gasteiger partial charge in [-0.05, 0) is 57.9 Å². The average Bonchev–Trinajstić information content (AvgIpc) is 3.35. The van der Waals surface area contributed by atoms with Gasteiger partial charge in [0.05, 0.1) is 0 Å². The molecule has 0 bridgehead atoms. The van der Waals surface area contributed by atoms with Crippen molar-refractivity contribution < 1.29 is 9.53 Å². The topological polar surface area (TPSA) is 76.1 Å². The Kier molecular flexibility index (Phi) is 4.59. The highest BCUT2D eigenvalue weighted by Gasteiger charge is 2.30. The van der Waals surface area contributed by atoms with Crippen LogP contribution in [0.1, 0.15) is 30.7 Å². The first kappa shape index (κ1) is 17.0. The summed E-state index contributed by atoms with van der Waals surface area (Å²) in [5.41, 5.74) is 4.49. The molecular weight excluding hydrogens is 328 g/mol. The van der Waals surface area contributed by atoms with Gasteiger partial charge in [0.15, 0.2) is 0 Å². The summed E-state index contributed by atoms with van der Waals surface area (Å²) in [5, 5.41) is 6.35. The largest absolute Gasteiger partial charge is 0.488 e. The van der Waals surface area contributed by atoms with E-state index in [1.54, 1.807) is 6.33 Å². The van der Waals surface area contributed by atoms with Crippen LogP contribution in [-0.2, 0) is 4.79 Å². The van der Waals surface area contributed by atoms with Crippen molar-refractivity contribution in [2.75, 3.05) is 18.4 Å². The molecule has 2 aromatic rings. The highest BCUT2D eigenvalue weighted by Crippen LogP contribution is 2.37. The van der Waals surface area contributed by atoms with Gasteiger partial charge >= 0.3 is 0 Å². The maximum absolute atomic E-state index is 12.1. The third-order valence-electron chi connectivity index (χ3n) is 5.00. The predicted molar refractivity (Wildman–Crippen MR) is 100 cm³/mol. The van der Waals surface area contributed by atoms with E-state index in [2.05, 4.69) is 20.6 Å². The lowest BCUT2D eigenvalue weighted by Crippen LogP contribution is -2.20. The molecule has 1 aliphatic heterocycles. The van der Waals surface area contributed by atoms with Crippen LogP contribution < -0.4 is 15.4 Å². The number of anilines is 1. The van der Waals surface area contributed by atoms with Gasteiger partial charge < -0.3 is 15.4 Å². The maximum atomic E-state index is 12.1. The molecule has 136 valence electrons. The molecule has 6 nitrogen and oxygen atoms in total. The highest BCUT2D eigenvalue weighted by atomic mass is 16.5. The fourth-order valence-corrected chi connectivity index (χ4v) is 3.39. The van der Waals surface area contributed by atoms with Crippen molar-refractivity contribution in [1.82, 2.24) is 15.3 Å². The Morgan fingerprint density at radius 3 is 2.62 bits per heavy atom. The van der Waals surface area contributed by atoms with E-state index in [0.717, 1.165) is 66.3 Å². The van der Waals surface area contributed by atoms with Gasteiger partial charge in [0.1, 0.15) is 18.2 Å². The number of nitrogens with zero attached hydrogens (tertiary/aromatic N) is 2. The van der Waals surface area contributed by atoms with E-state index in [1.807, 2.05) is 32.0 Å². The second-order valence-electron chi connectivity index (χ2n) is 7.13. The molecule has 2 aliphatic rings. The SMILES string of the molecule is Cc1ncnc(C)c1-c1cc(NC(=O)C2CC2)ccc1O[C@@H]1CCNC1. The van der Waals surface area contributed by atoms with Crippen LogP contribution in [0.3, 0.4) is 0 Å². The molecule has 1 aliphatic carbocycles. The molecule has 4 rings (SSSR count). The summed E-state index contributed by atoms with van der Waals surface area (Å²) in [6.45, 7) is 5.77. The molecule has 6 heteroatoms. The van der Waals surface area contributed by atoms with Crippen LogP contribution in [-0.4, -0.2) is 35.1 Å². The summed E-state index contributed by atoms with van der Waals surface area (Å²) in [4.78, 5) is 20.8. The summed E-state index contributed by atoms with van der Waals surface area (Å²) in [6.07, 6.45) is 4.70. The monoisotopic (exact) mass is 352 g/mol. The van der Waals surface area contributed by atoms with Crippen LogP contribution in [0.25, 0.3) is 11.1 Å². The number of carbonyl (C=O) groups excluding carboxylic acids is 1. The lowest BCUT2D eigenvalue weighted by Gasteiger charge is -2.19. The number of benzene rings is 1. The number of hydrogen-bond acceptors (Lipinski definition) is 5. The van der Waals surface area contributed by atoms with Crippen molar-refractivity contribution in [3.05, 3.63) is 35.9 Å². The zero-order valence-corrected chi connectivity index (χ0v) is 15.2. The van der Waals surface area contributed by atoms with Gasteiger partial charge in [0.2, 0.25) is 5.91 Å². The van der Waals surface area contributed by atoms with Gasteiger partial charge in [0, 0.05) is 40.7 Å². The van der Waals surface area contributed by atoms with Crippen LogP contribution in [0.2, 0.25) is 0 Å². The Morgan fingerprint density at radius 1 is 1.19 bits per heavy atom. The average molecular weight is 352 g/mol. The van der Waals surface area contributed by atoms with E-state index in [4.69, 9.17) is 4.74 Å². The number of ether oxygens (including phenoxy) is 1. The molecule has 2 heterocycles. The third-order valence-corrected chi connectivity index (χ3v) is 5.00. The van der Waals surface area contributed by atoms with E-state index in [0.29, 0.717) is 0 Å². The molecule has 1 saturated carbocycles. The minimum absolute atomic E-state index is 0.0994. The second-order valence-corrected chi connectivity index (χ2v) is 7.13. The lowest BCUT2D eigenvalue weighted by atomic mass is 10.0. The fraction of sp³-hybridized carbons (Fsp3) is 0.450. The Balaban J connectivity index is 1.71. The molecule has 26 heavy (non-hydrogen) atoms. The zero-order valence-electron chi connectivity index (χ0n) is 15.2. The molecule has 2 fully saturated rings. The fourth-order valence-electron chi connectivity index (χ4n) is 3.39. The molecule has 1 amide bonds. The second kappa shape index (κ2) is 7.03. The number of aryl methyl sites for hydroxylation is 2. The number of hydrogen-bond donors (Lipinski definition) is 2. The molecule has 0 radical (unpaired) electrons. The van der Waals surface area contributed by atoms with Gasteiger partial charge in [-0.3, -0.25) is 4.79 Å². The molecule has 1 aromatic carbocycles. The number of amides is 1. The molecule has 2 N–H and O–H groups in total. The quantitative estimate of drug-likeness (QED) is 0.865. The first-order valence-electron chi connectivity index (χ1n) is 9.22. The van der Waals surface area contributed by atoms with E-state index in [9.17, 15) is 4.79 Å². The Morgan fingerprint density at radius 2 is 1.96 bits per heavy atom. The van der Waals surface area contributed by atoms with Crippen LogP contribution >= 0.6 is 0 Å².